The molecule has 2 aromatic rings. The van der Waals surface area contributed by atoms with Gasteiger partial charge in [0.2, 0.25) is 10.0 Å². The maximum atomic E-state index is 13.4. The Kier molecular flexibility index (Phi) is 3.69. The van der Waals surface area contributed by atoms with E-state index in [9.17, 15) is 18.3 Å². The fourth-order valence-corrected chi connectivity index (χ4v) is 6.18. The van der Waals surface area contributed by atoms with Crippen molar-refractivity contribution in [2.24, 2.45) is 0 Å². The molecule has 8 heteroatoms. The number of fused-ring (bicyclic) bond motifs is 2. The lowest BCUT2D eigenvalue weighted by molar-refractivity contribution is 0.139. The number of sulfonamides is 1. The Morgan fingerprint density at radius 2 is 1.96 bits per heavy atom. The van der Waals surface area contributed by atoms with Crippen LogP contribution in [0.2, 0.25) is 0 Å². The molecule has 0 saturated carbocycles. The first-order valence-electron chi connectivity index (χ1n) is 8.26. The van der Waals surface area contributed by atoms with E-state index in [1.54, 1.807) is 24.5 Å². The van der Waals surface area contributed by atoms with E-state index in [1.165, 1.54) is 9.21 Å². The molecule has 1 aromatic carbocycles. The van der Waals surface area contributed by atoms with Crippen LogP contribution in [0.4, 0.5) is 4.79 Å². The monoisotopic (exact) mass is 361 g/mol. The number of likely N-dealkylation sites (tertiary alicyclic amines) is 1. The Morgan fingerprint density at radius 3 is 2.72 bits per heavy atom. The van der Waals surface area contributed by atoms with Crippen LogP contribution in [0.15, 0.2) is 35.5 Å². The second-order valence-electron chi connectivity index (χ2n) is 6.61. The van der Waals surface area contributed by atoms with Crippen LogP contribution in [0, 0.1) is 6.92 Å². The molecule has 7 nitrogen and oxygen atoms in total. The molecule has 0 aliphatic carbocycles. The number of hydrogen-bond acceptors (Lipinski definition) is 4. The molecule has 0 radical (unpaired) electrons. The van der Waals surface area contributed by atoms with Crippen molar-refractivity contribution < 1.29 is 18.3 Å². The Labute approximate surface area is 145 Å². The van der Waals surface area contributed by atoms with Crippen LogP contribution in [0.1, 0.15) is 18.4 Å². The van der Waals surface area contributed by atoms with Crippen LogP contribution in [0.3, 0.4) is 0 Å². The molecule has 2 aliphatic rings. The third-order valence-corrected chi connectivity index (χ3v) is 7.26. The van der Waals surface area contributed by atoms with E-state index in [0.29, 0.717) is 31.3 Å². The topological polar surface area (TPSA) is 90.8 Å². The minimum absolute atomic E-state index is 0.245. The van der Waals surface area contributed by atoms with E-state index in [4.69, 9.17) is 0 Å². The maximum Gasteiger partial charge on any atom is 0.407 e. The molecular formula is C17H19N3O4S. The van der Waals surface area contributed by atoms with Gasteiger partial charge < -0.3 is 10.0 Å². The molecule has 2 aliphatic heterocycles. The second kappa shape index (κ2) is 5.67. The molecule has 2 fully saturated rings. The number of amides is 1. The van der Waals surface area contributed by atoms with E-state index in [2.05, 4.69) is 4.98 Å². The molecule has 0 bridgehead atoms. The zero-order valence-electron chi connectivity index (χ0n) is 13.8. The van der Waals surface area contributed by atoms with Gasteiger partial charge in [-0.05, 0) is 31.4 Å². The molecule has 1 amide bonds. The fourth-order valence-electron chi connectivity index (χ4n) is 4.20. The van der Waals surface area contributed by atoms with Gasteiger partial charge in [-0.25, -0.2) is 13.2 Å². The van der Waals surface area contributed by atoms with Gasteiger partial charge in [0.15, 0.2) is 0 Å². The standard InChI is InChI=1S/C17H19N3O4S/c1-11-9-18-10-12-3-2-4-15(16(11)12)25(23,24)20-8-6-13-14(20)5-7-19(13)17(21)22/h2-4,9-10,13-14H,5-8H2,1H3,(H,21,22). The number of carbonyl (C=O) groups is 1. The van der Waals surface area contributed by atoms with Crippen molar-refractivity contribution in [1.82, 2.24) is 14.2 Å². The number of pyridine rings is 1. The molecular weight excluding hydrogens is 342 g/mol. The Bertz CT molecular complexity index is 954. The van der Waals surface area contributed by atoms with Crippen LogP contribution in [-0.4, -0.2) is 59.0 Å². The number of benzene rings is 1. The van der Waals surface area contributed by atoms with Gasteiger partial charge in [0.05, 0.1) is 10.9 Å². The Hall–Kier alpha value is -2.19. The first kappa shape index (κ1) is 16.3. The smallest absolute Gasteiger partial charge is 0.407 e. The van der Waals surface area contributed by atoms with Gasteiger partial charge >= 0.3 is 6.09 Å². The minimum atomic E-state index is -3.71. The van der Waals surface area contributed by atoms with Crippen molar-refractivity contribution in [3.05, 3.63) is 36.2 Å². The zero-order valence-corrected chi connectivity index (χ0v) is 14.6. The highest BCUT2D eigenvalue weighted by Crippen LogP contribution is 2.37. The van der Waals surface area contributed by atoms with E-state index in [1.807, 2.05) is 13.0 Å². The number of carboxylic acid groups (broad SMARTS) is 1. The summed E-state index contributed by atoms with van der Waals surface area (Å²) in [6.45, 7) is 2.58. The summed E-state index contributed by atoms with van der Waals surface area (Å²) in [6, 6.07) is 4.68. The van der Waals surface area contributed by atoms with E-state index >= 15 is 0 Å². The predicted molar refractivity (Wildman–Crippen MR) is 91.9 cm³/mol. The number of rotatable bonds is 2. The molecule has 2 atom stereocenters. The SMILES string of the molecule is Cc1cncc2cccc(S(=O)(=O)N3CCC4C3CCN4C(=O)O)c12. The summed E-state index contributed by atoms with van der Waals surface area (Å²) < 4.78 is 28.2. The fraction of sp³-hybridized carbons (Fsp3) is 0.412. The predicted octanol–water partition coefficient (Wildman–Crippen LogP) is 2.06. The largest absolute Gasteiger partial charge is 0.465 e. The average molecular weight is 361 g/mol. The van der Waals surface area contributed by atoms with Crippen LogP contribution >= 0.6 is 0 Å². The molecule has 3 heterocycles. The van der Waals surface area contributed by atoms with Crippen molar-refractivity contribution in [2.45, 2.75) is 36.7 Å². The first-order chi connectivity index (χ1) is 11.9. The summed E-state index contributed by atoms with van der Waals surface area (Å²) >= 11 is 0. The van der Waals surface area contributed by atoms with Gasteiger partial charge in [0.25, 0.3) is 0 Å². The molecule has 1 N–H and O–H groups in total. The van der Waals surface area contributed by atoms with Gasteiger partial charge in [-0.15, -0.1) is 0 Å². The summed E-state index contributed by atoms with van der Waals surface area (Å²) in [5.74, 6) is 0. The molecule has 1 aromatic heterocycles. The van der Waals surface area contributed by atoms with Crippen molar-refractivity contribution in [3.8, 4) is 0 Å². The van der Waals surface area contributed by atoms with Crippen molar-refractivity contribution in [1.29, 1.82) is 0 Å². The second-order valence-corrected chi connectivity index (χ2v) is 8.47. The van der Waals surface area contributed by atoms with Gasteiger partial charge in [0.1, 0.15) is 0 Å². The number of nitrogens with zero attached hydrogens (tertiary/aromatic N) is 3. The number of aromatic nitrogens is 1. The van der Waals surface area contributed by atoms with Crippen molar-refractivity contribution >= 4 is 26.9 Å². The van der Waals surface area contributed by atoms with Gasteiger partial charge in [-0.1, -0.05) is 12.1 Å². The summed E-state index contributed by atoms with van der Waals surface area (Å²) in [7, 11) is -3.71. The third-order valence-electron chi connectivity index (χ3n) is 5.29. The molecule has 2 unspecified atom stereocenters. The van der Waals surface area contributed by atoms with Gasteiger partial charge in [-0.3, -0.25) is 4.98 Å². The summed E-state index contributed by atoms with van der Waals surface area (Å²) in [5, 5.41) is 10.8. The Balaban J connectivity index is 1.78. The number of hydrogen-bond donors (Lipinski definition) is 1. The highest BCUT2D eigenvalue weighted by molar-refractivity contribution is 7.89. The van der Waals surface area contributed by atoms with Gasteiger partial charge in [-0.2, -0.15) is 4.31 Å². The van der Waals surface area contributed by atoms with E-state index in [-0.39, 0.29) is 17.0 Å². The van der Waals surface area contributed by atoms with E-state index < -0.39 is 16.1 Å². The lowest BCUT2D eigenvalue weighted by atomic mass is 10.1. The van der Waals surface area contributed by atoms with Crippen molar-refractivity contribution in [3.63, 3.8) is 0 Å². The average Bonchev–Trinajstić information content (AvgIpc) is 3.16. The third kappa shape index (κ3) is 2.39. The Morgan fingerprint density at radius 1 is 1.20 bits per heavy atom. The van der Waals surface area contributed by atoms with Crippen molar-refractivity contribution in [2.75, 3.05) is 13.1 Å². The highest BCUT2D eigenvalue weighted by Gasteiger charge is 2.49. The lowest BCUT2D eigenvalue weighted by Crippen LogP contribution is -2.41. The molecule has 0 spiro atoms. The van der Waals surface area contributed by atoms with Gasteiger partial charge in [0, 0.05) is 42.3 Å². The molecule has 132 valence electrons. The molecule has 4 rings (SSSR count). The zero-order chi connectivity index (χ0) is 17.8. The summed E-state index contributed by atoms with van der Waals surface area (Å²) in [5.41, 5.74) is 0.811. The molecule has 2 saturated heterocycles. The van der Waals surface area contributed by atoms with Crippen LogP contribution < -0.4 is 0 Å². The minimum Gasteiger partial charge on any atom is -0.465 e. The normalized spacial score (nSPS) is 24.0. The molecule has 25 heavy (non-hydrogen) atoms. The van der Waals surface area contributed by atoms with Crippen LogP contribution in [0.25, 0.3) is 10.8 Å². The lowest BCUT2D eigenvalue weighted by Gasteiger charge is -2.24. The van der Waals surface area contributed by atoms with E-state index in [0.717, 1.165) is 10.9 Å². The number of aryl methyl sites for hydroxylation is 1. The maximum absolute atomic E-state index is 13.4. The summed E-state index contributed by atoms with van der Waals surface area (Å²) in [6.07, 6.45) is 3.44. The van der Waals surface area contributed by atoms with Crippen LogP contribution in [-0.2, 0) is 10.0 Å². The van der Waals surface area contributed by atoms with Crippen LogP contribution in [0.5, 0.6) is 0 Å². The highest BCUT2D eigenvalue weighted by atomic mass is 32.2. The quantitative estimate of drug-likeness (QED) is 0.884. The first-order valence-corrected chi connectivity index (χ1v) is 9.70. The summed E-state index contributed by atoms with van der Waals surface area (Å²) in [4.78, 5) is 17.1.